The molecular formula is C23H49NO8. The number of carbonyl (C=O) groups excluding carboxylic acids is 2. The molecule has 1 amide bonds. The lowest BCUT2D eigenvalue weighted by Gasteiger charge is -2.10. The zero-order chi connectivity index (χ0) is 25.3. The van der Waals surface area contributed by atoms with E-state index in [0.717, 1.165) is 32.1 Å². The van der Waals surface area contributed by atoms with Crippen LogP contribution in [0.3, 0.4) is 0 Å². The second-order valence-corrected chi connectivity index (χ2v) is 7.95. The fourth-order valence-electron chi connectivity index (χ4n) is 2.13. The second-order valence-electron chi connectivity index (χ2n) is 7.95. The first kappa shape index (κ1) is 35.3. The van der Waals surface area contributed by atoms with Gasteiger partial charge in [0.05, 0.1) is 6.61 Å². The van der Waals surface area contributed by atoms with Gasteiger partial charge in [-0.1, -0.05) is 72.1 Å². The molecule has 0 fully saturated rings. The van der Waals surface area contributed by atoms with Crippen molar-refractivity contribution in [2.75, 3.05) is 13.2 Å². The molecule has 0 aromatic rings. The van der Waals surface area contributed by atoms with Gasteiger partial charge in [-0.3, -0.25) is 14.8 Å². The molecule has 194 valence electrons. The second kappa shape index (κ2) is 26.0. The van der Waals surface area contributed by atoms with Gasteiger partial charge in [0.15, 0.2) is 5.79 Å². The van der Waals surface area contributed by atoms with Crippen molar-refractivity contribution in [3.8, 4) is 0 Å². The average molecular weight is 468 g/mol. The summed E-state index contributed by atoms with van der Waals surface area (Å²) in [5.74, 6) is -2.03. The number of amides is 1. The molecule has 0 saturated heterocycles. The molecule has 9 nitrogen and oxygen atoms in total. The van der Waals surface area contributed by atoms with Crippen molar-refractivity contribution in [3.63, 3.8) is 0 Å². The van der Waals surface area contributed by atoms with Crippen LogP contribution in [0.1, 0.15) is 111 Å². The van der Waals surface area contributed by atoms with Crippen molar-refractivity contribution < 1.29 is 40.0 Å². The number of ether oxygens (including phenoxy) is 1. The average Bonchev–Trinajstić information content (AvgIpc) is 2.77. The maximum atomic E-state index is 11.1. The molecule has 6 N–H and O–H groups in total. The number of rotatable bonds is 16. The van der Waals surface area contributed by atoms with Gasteiger partial charge >= 0.3 is 5.97 Å². The Kier molecular flexibility index (Phi) is 28.7. The minimum absolute atomic E-state index is 0.107. The molecule has 0 aromatic heterocycles. The zero-order valence-electron chi connectivity index (χ0n) is 20.6. The minimum Gasteiger partial charge on any atom is -0.463 e. The van der Waals surface area contributed by atoms with Crippen LogP contribution in [0.25, 0.3) is 0 Å². The molecule has 0 bridgehead atoms. The molecule has 0 radical (unpaired) electrons. The Morgan fingerprint density at radius 3 is 1.69 bits per heavy atom. The lowest BCUT2D eigenvalue weighted by Crippen LogP contribution is -2.21. The van der Waals surface area contributed by atoms with Crippen LogP contribution in [0.2, 0.25) is 0 Å². The van der Waals surface area contributed by atoms with E-state index in [9.17, 15) is 9.59 Å². The molecule has 32 heavy (non-hydrogen) atoms. The van der Waals surface area contributed by atoms with Gasteiger partial charge in [0.1, 0.15) is 12.7 Å². The van der Waals surface area contributed by atoms with Crippen LogP contribution in [0.4, 0.5) is 0 Å². The number of nitrogens with one attached hydrogen (secondary N) is 1. The van der Waals surface area contributed by atoms with Gasteiger partial charge in [-0.15, -0.1) is 0 Å². The van der Waals surface area contributed by atoms with Crippen molar-refractivity contribution in [2.45, 2.75) is 123 Å². The summed E-state index contributed by atoms with van der Waals surface area (Å²) >= 11 is 0. The lowest BCUT2D eigenvalue weighted by molar-refractivity contribution is -0.147. The highest BCUT2D eigenvalue weighted by Crippen LogP contribution is 2.06. The van der Waals surface area contributed by atoms with Gasteiger partial charge in [-0.2, -0.15) is 0 Å². The molecule has 0 aromatic carbocycles. The fourth-order valence-corrected chi connectivity index (χ4v) is 2.13. The number of aliphatic hydroxyl groups is 4. The topological polar surface area (TPSA) is 157 Å². The molecule has 1 unspecified atom stereocenters. The van der Waals surface area contributed by atoms with Crippen LogP contribution in [0.5, 0.6) is 0 Å². The third-order valence-electron chi connectivity index (χ3n) is 4.43. The standard InChI is InChI=1S/C11H22O4.C8H17NO2.C4H10O2/c1-2-3-4-5-6-7-11(14)15-9-10(13)8-12;1-2-3-4-5-6-7-8(10)9-11;1-3-4(2,5)6/h10,12-13H,2-9H2,1H3;11H,2-7H2,1H3,(H,9,10);5-6H,3H2,1-2H3. The number of esters is 1. The highest BCUT2D eigenvalue weighted by Gasteiger charge is 2.08. The zero-order valence-corrected chi connectivity index (χ0v) is 20.6. The van der Waals surface area contributed by atoms with Crippen molar-refractivity contribution in [2.24, 2.45) is 0 Å². The van der Waals surface area contributed by atoms with Crippen LogP contribution in [0.15, 0.2) is 0 Å². The number of unbranched alkanes of at least 4 members (excludes halogenated alkanes) is 8. The number of hydroxylamine groups is 1. The molecule has 1 atom stereocenters. The first-order chi connectivity index (χ1) is 15.1. The van der Waals surface area contributed by atoms with Crippen molar-refractivity contribution in [1.29, 1.82) is 0 Å². The highest BCUT2D eigenvalue weighted by molar-refractivity contribution is 5.74. The minimum atomic E-state index is -1.46. The largest absolute Gasteiger partial charge is 0.463 e. The summed E-state index contributed by atoms with van der Waals surface area (Å²) in [6, 6.07) is 0. The molecule has 0 rings (SSSR count). The summed E-state index contributed by atoms with van der Waals surface area (Å²) in [7, 11) is 0. The predicted molar refractivity (Wildman–Crippen MR) is 124 cm³/mol. The van der Waals surface area contributed by atoms with Gasteiger partial charge < -0.3 is 25.2 Å². The Morgan fingerprint density at radius 1 is 0.875 bits per heavy atom. The van der Waals surface area contributed by atoms with E-state index in [1.54, 1.807) is 12.4 Å². The third kappa shape index (κ3) is 36.1. The van der Waals surface area contributed by atoms with Crippen molar-refractivity contribution >= 4 is 11.9 Å². The molecular weight excluding hydrogens is 418 g/mol. The van der Waals surface area contributed by atoms with Gasteiger partial charge in [-0.05, 0) is 26.2 Å². The Morgan fingerprint density at radius 2 is 1.31 bits per heavy atom. The monoisotopic (exact) mass is 467 g/mol. The van der Waals surface area contributed by atoms with Gasteiger partial charge in [-0.25, -0.2) is 5.48 Å². The number of hydrogen-bond donors (Lipinski definition) is 6. The van der Waals surface area contributed by atoms with E-state index < -0.39 is 11.9 Å². The van der Waals surface area contributed by atoms with Crippen molar-refractivity contribution in [1.82, 2.24) is 5.48 Å². The lowest BCUT2D eigenvalue weighted by atomic mass is 10.1. The summed E-state index contributed by atoms with van der Waals surface area (Å²) in [6.07, 6.45) is 11.3. The smallest absolute Gasteiger partial charge is 0.305 e. The van der Waals surface area contributed by atoms with Crippen LogP contribution >= 0.6 is 0 Å². The molecule has 0 heterocycles. The van der Waals surface area contributed by atoms with Gasteiger partial charge in [0.2, 0.25) is 5.91 Å². The van der Waals surface area contributed by atoms with E-state index in [1.165, 1.54) is 39.0 Å². The van der Waals surface area contributed by atoms with Crippen LogP contribution in [-0.4, -0.2) is 62.6 Å². The summed E-state index contributed by atoms with van der Waals surface area (Å²) in [4.78, 5) is 21.6. The van der Waals surface area contributed by atoms with Gasteiger partial charge in [0.25, 0.3) is 0 Å². The SMILES string of the molecule is CCC(C)(O)O.CCCCCCCC(=O)NO.CCCCCCCC(=O)OCC(O)CO. The van der Waals surface area contributed by atoms with Crippen LogP contribution < -0.4 is 5.48 Å². The van der Waals surface area contributed by atoms with E-state index in [0.29, 0.717) is 19.3 Å². The first-order valence-corrected chi connectivity index (χ1v) is 11.9. The van der Waals surface area contributed by atoms with E-state index in [-0.39, 0.29) is 25.1 Å². The molecule has 0 aliphatic heterocycles. The van der Waals surface area contributed by atoms with E-state index >= 15 is 0 Å². The maximum Gasteiger partial charge on any atom is 0.305 e. The summed E-state index contributed by atoms with van der Waals surface area (Å²) in [6.45, 7) is 6.88. The molecule has 0 aliphatic carbocycles. The Labute approximate surface area is 194 Å². The molecule has 0 saturated carbocycles. The molecule has 0 spiro atoms. The number of carbonyl (C=O) groups is 2. The molecule has 9 heteroatoms. The quantitative estimate of drug-likeness (QED) is 0.0664. The fraction of sp³-hybridized carbons (Fsp3) is 0.913. The van der Waals surface area contributed by atoms with E-state index in [4.69, 9.17) is 30.4 Å². The van der Waals surface area contributed by atoms with Crippen LogP contribution in [0, 0.1) is 0 Å². The number of hydrogen-bond acceptors (Lipinski definition) is 8. The summed E-state index contributed by atoms with van der Waals surface area (Å²) in [5.41, 5.74) is 1.62. The highest BCUT2D eigenvalue weighted by atomic mass is 16.5. The van der Waals surface area contributed by atoms with E-state index in [2.05, 4.69) is 13.8 Å². The Bertz CT molecular complexity index is 413. The Hall–Kier alpha value is -1.26. The van der Waals surface area contributed by atoms with Gasteiger partial charge in [0, 0.05) is 12.8 Å². The molecule has 0 aliphatic rings. The Balaban J connectivity index is -0.000000433. The van der Waals surface area contributed by atoms with E-state index in [1.807, 2.05) is 0 Å². The number of aliphatic hydroxyl groups excluding tert-OH is 2. The maximum absolute atomic E-state index is 11.1. The van der Waals surface area contributed by atoms with Crippen LogP contribution in [-0.2, 0) is 14.3 Å². The van der Waals surface area contributed by atoms with Crippen molar-refractivity contribution in [3.05, 3.63) is 0 Å². The summed E-state index contributed by atoms with van der Waals surface area (Å²) < 4.78 is 4.75. The third-order valence-corrected chi connectivity index (χ3v) is 4.43. The normalized spacial score (nSPS) is 11.4. The first-order valence-electron chi connectivity index (χ1n) is 11.9. The predicted octanol–water partition coefficient (Wildman–Crippen LogP) is 3.19. The summed E-state index contributed by atoms with van der Waals surface area (Å²) in [5, 5.41) is 42.3.